The number of carbonyl (C=O) groups excluding carboxylic acids is 1. The van der Waals surface area contributed by atoms with Gasteiger partial charge < -0.3 is 40.1 Å². The summed E-state index contributed by atoms with van der Waals surface area (Å²) in [6.07, 6.45) is -7.63. The van der Waals surface area contributed by atoms with Gasteiger partial charge in [0.25, 0.3) is 0 Å². The van der Waals surface area contributed by atoms with Crippen molar-refractivity contribution in [3.05, 3.63) is 17.7 Å². The van der Waals surface area contributed by atoms with Crippen molar-refractivity contribution in [3.8, 4) is 17.2 Å². The highest BCUT2D eigenvalue weighted by atomic mass is 16.7. The van der Waals surface area contributed by atoms with Crippen LogP contribution in [0, 0.1) is 0 Å². The SMILES string of the molecule is CC(=O)c1cc(O)c(O)c(O[C@H]2O[C@H](CO)[C@@H](O)[C@H](O)[C@H]2O)c1. The zero-order valence-electron chi connectivity index (χ0n) is 12.2. The number of ether oxygens (including phenoxy) is 2. The first-order valence-electron chi connectivity index (χ1n) is 6.80. The van der Waals surface area contributed by atoms with E-state index in [4.69, 9.17) is 14.6 Å². The molecule has 1 aliphatic rings. The predicted octanol–water partition coefficient (Wildman–Crippen LogP) is -1.52. The van der Waals surface area contributed by atoms with E-state index >= 15 is 0 Å². The van der Waals surface area contributed by atoms with Gasteiger partial charge in [0, 0.05) is 5.56 Å². The number of hydrogen-bond acceptors (Lipinski definition) is 9. The Labute approximate surface area is 130 Å². The molecule has 0 amide bonds. The molecule has 0 saturated carbocycles. The Morgan fingerprint density at radius 2 is 1.83 bits per heavy atom. The Morgan fingerprint density at radius 1 is 1.17 bits per heavy atom. The number of aliphatic hydroxyl groups excluding tert-OH is 4. The average Bonchev–Trinajstić information content (AvgIpc) is 2.51. The minimum atomic E-state index is -1.68. The first-order valence-corrected chi connectivity index (χ1v) is 6.80. The van der Waals surface area contributed by atoms with E-state index in [2.05, 4.69) is 0 Å². The summed E-state index contributed by atoms with van der Waals surface area (Å²) in [5.41, 5.74) is 0.0416. The maximum atomic E-state index is 11.4. The number of carbonyl (C=O) groups is 1. The third-order valence-corrected chi connectivity index (χ3v) is 3.55. The van der Waals surface area contributed by atoms with Gasteiger partial charge >= 0.3 is 0 Å². The first kappa shape index (κ1) is 17.4. The number of rotatable bonds is 4. The summed E-state index contributed by atoms with van der Waals surface area (Å²) in [6.45, 7) is 0.596. The number of benzene rings is 1. The molecule has 128 valence electrons. The Hall–Kier alpha value is -1.91. The van der Waals surface area contributed by atoms with Gasteiger partial charge in [-0.05, 0) is 19.1 Å². The molecule has 1 aromatic carbocycles. The molecule has 0 aromatic heterocycles. The second-order valence-corrected chi connectivity index (χ2v) is 5.21. The lowest BCUT2D eigenvalue weighted by atomic mass is 9.99. The maximum absolute atomic E-state index is 11.4. The van der Waals surface area contributed by atoms with Gasteiger partial charge in [-0.3, -0.25) is 4.79 Å². The van der Waals surface area contributed by atoms with Crippen LogP contribution in [0.15, 0.2) is 12.1 Å². The van der Waals surface area contributed by atoms with Gasteiger partial charge in [-0.1, -0.05) is 0 Å². The van der Waals surface area contributed by atoms with Crippen LogP contribution in [-0.2, 0) is 4.74 Å². The minimum absolute atomic E-state index is 0.0416. The lowest BCUT2D eigenvalue weighted by Crippen LogP contribution is -2.60. The van der Waals surface area contributed by atoms with Gasteiger partial charge in [0.1, 0.15) is 24.4 Å². The molecule has 9 heteroatoms. The van der Waals surface area contributed by atoms with Crippen LogP contribution in [0.3, 0.4) is 0 Å². The van der Waals surface area contributed by atoms with Crippen LogP contribution in [0.4, 0.5) is 0 Å². The number of aliphatic hydroxyl groups is 4. The second kappa shape index (κ2) is 6.69. The summed E-state index contributed by atoms with van der Waals surface area (Å²) in [7, 11) is 0. The fraction of sp³-hybridized carbons (Fsp3) is 0.500. The maximum Gasteiger partial charge on any atom is 0.229 e. The number of hydrogen-bond donors (Lipinski definition) is 6. The largest absolute Gasteiger partial charge is 0.504 e. The molecule has 0 unspecified atom stereocenters. The molecule has 0 bridgehead atoms. The molecule has 0 radical (unpaired) electrons. The van der Waals surface area contributed by atoms with Gasteiger partial charge in [-0.2, -0.15) is 0 Å². The highest BCUT2D eigenvalue weighted by Crippen LogP contribution is 2.38. The smallest absolute Gasteiger partial charge is 0.229 e. The summed E-state index contributed by atoms with van der Waals surface area (Å²) in [5, 5.41) is 57.7. The Morgan fingerprint density at radius 3 is 2.39 bits per heavy atom. The molecule has 1 aliphatic heterocycles. The van der Waals surface area contributed by atoms with Crippen molar-refractivity contribution in [1.29, 1.82) is 0 Å². The topological polar surface area (TPSA) is 157 Å². The fourth-order valence-corrected chi connectivity index (χ4v) is 2.18. The van der Waals surface area contributed by atoms with E-state index in [1.807, 2.05) is 0 Å². The lowest BCUT2D eigenvalue weighted by molar-refractivity contribution is -0.277. The zero-order chi connectivity index (χ0) is 17.3. The molecule has 1 aromatic rings. The van der Waals surface area contributed by atoms with Gasteiger partial charge in [-0.15, -0.1) is 0 Å². The summed E-state index contributed by atoms with van der Waals surface area (Å²) in [5.74, 6) is -2.07. The first-order chi connectivity index (χ1) is 10.8. The molecule has 23 heavy (non-hydrogen) atoms. The zero-order valence-corrected chi connectivity index (χ0v) is 12.2. The van der Waals surface area contributed by atoms with Crippen LogP contribution in [0.25, 0.3) is 0 Å². The Balaban J connectivity index is 2.29. The predicted molar refractivity (Wildman–Crippen MR) is 74.2 cm³/mol. The van der Waals surface area contributed by atoms with Crippen LogP contribution in [0.2, 0.25) is 0 Å². The van der Waals surface area contributed by atoms with Crippen molar-refractivity contribution < 1.29 is 44.9 Å². The van der Waals surface area contributed by atoms with Crippen molar-refractivity contribution >= 4 is 5.78 Å². The van der Waals surface area contributed by atoms with Gasteiger partial charge in [-0.25, -0.2) is 0 Å². The molecular weight excluding hydrogens is 312 g/mol. The molecule has 1 fully saturated rings. The number of phenols is 2. The molecule has 9 nitrogen and oxygen atoms in total. The quantitative estimate of drug-likeness (QED) is 0.285. The molecule has 1 saturated heterocycles. The second-order valence-electron chi connectivity index (χ2n) is 5.21. The summed E-state index contributed by atoms with van der Waals surface area (Å²) >= 11 is 0. The highest BCUT2D eigenvalue weighted by Gasteiger charge is 2.45. The molecule has 6 N–H and O–H groups in total. The van der Waals surface area contributed by atoms with E-state index in [1.165, 1.54) is 6.92 Å². The molecule has 0 aliphatic carbocycles. The van der Waals surface area contributed by atoms with E-state index in [9.17, 15) is 30.3 Å². The molecule has 5 atom stereocenters. The summed E-state index contributed by atoms with van der Waals surface area (Å²) in [4.78, 5) is 11.4. The number of Topliss-reactive ketones (excluding diaryl/α,β-unsaturated/α-hetero) is 1. The molecular formula is C14H18O9. The van der Waals surface area contributed by atoms with Gasteiger partial charge in [0.15, 0.2) is 17.3 Å². The normalized spacial score (nSPS) is 30.9. The molecule has 1 heterocycles. The highest BCUT2D eigenvalue weighted by molar-refractivity contribution is 5.95. The average molecular weight is 330 g/mol. The van der Waals surface area contributed by atoms with Crippen molar-refractivity contribution in [1.82, 2.24) is 0 Å². The van der Waals surface area contributed by atoms with Crippen LogP contribution in [0.1, 0.15) is 17.3 Å². The molecule has 2 rings (SSSR count). The van der Waals surface area contributed by atoms with Crippen molar-refractivity contribution in [3.63, 3.8) is 0 Å². The van der Waals surface area contributed by atoms with Gasteiger partial charge in [0.05, 0.1) is 6.61 Å². The van der Waals surface area contributed by atoms with Gasteiger partial charge in [0.2, 0.25) is 12.0 Å². The van der Waals surface area contributed by atoms with E-state index in [0.29, 0.717) is 0 Å². The summed E-state index contributed by atoms with van der Waals surface area (Å²) < 4.78 is 10.3. The van der Waals surface area contributed by atoms with E-state index in [-0.39, 0.29) is 11.3 Å². The number of aromatic hydroxyl groups is 2. The molecule has 0 spiro atoms. The Kier molecular flexibility index (Phi) is 5.07. The summed E-state index contributed by atoms with van der Waals surface area (Å²) in [6, 6.07) is 2.16. The number of ketones is 1. The standard InChI is InChI=1S/C14H18O9/c1-5(16)6-2-7(17)10(18)8(3-6)22-14-13(21)12(20)11(19)9(4-15)23-14/h2-3,9,11-15,17-21H,4H2,1H3/t9-,11-,12+,13-,14+/m1/s1. The monoisotopic (exact) mass is 330 g/mol. The van der Waals surface area contributed by atoms with Crippen LogP contribution in [-0.4, -0.2) is 73.7 Å². The lowest BCUT2D eigenvalue weighted by Gasteiger charge is -2.39. The van der Waals surface area contributed by atoms with Crippen molar-refractivity contribution in [2.45, 2.75) is 37.6 Å². The van der Waals surface area contributed by atoms with E-state index in [1.54, 1.807) is 0 Å². The van der Waals surface area contributed by atoms with E-state index < -0.39 is 54.6 Å². The van der Waals surface area contributed by atoms with Crippen molar-refractivity contribution in [2.75, 3.05) is 6.61 Å². The third-order valence-electron chi connectivity index (χ3n) is 3.55. The van der Waals surface area contributed by atoms with Crippen LogP contribution >= 0.6 is 0 Å². The minimum Gasteiger partial charge on any atom is -0.504 e. The van der Waals surface area contributed by atoms with Crippen LogP contribution < -0.4 is 4.74 Å². The van der Waals surface area contributed by atoms with Crippen molar-refractivity contribution in [2.24, 2.45) is 0 Å². The Bertz CT molecular complexity index is 586. The van der Waals surface area contributed by atoms with Crippen LogP contribution in [0.5, 0.6) is 17.2 Å². The van der Waals surface area contributed by atoms with E-state index in [0.717, 1.165) is 12.1 Å². The number of phenolic OH excluding ortho intramolecular Hbond substituents is 2. The third kappa shape index (κ3) is 3.38. The fourth-order valence-electron chi connectivity index (χ4n) is 2.18.